The van der Waals surface area contributed by atoms with Crippen LogP contribution in [0.3, 0.4) is 0 Å². The molecular formula is C17H14N2O. The van der Waals surface area contributed by atoms with Gasteiger partial charge in [-0.2, -0.15) is 5.26 Å². The lowest BCUT2D eigenvalue weighted by atomic mass is 9.74. The largest absolute Gasteiger partial charge is 0.369 e. The summed E-state index contributed by atoms with van der Waals surface area (Å²) in [6.45, 7) is 0. The third-order valence-corrected chi connectivity index (χ3v) is 4.10. The molecule has 0 heterocycles. The maximum absolute atomic E-state index is 12.3. The van der Waals surface area contributed by atoms with E-state index in [4.69, 9.17) is 11.0 Å². The number of benzene rings is 2. The summed E-state index contributed by atoms with van der Waals surface area (Å²) < 4.78 is 0. The highest BCUT2D eigenvalue weighted by atomic mass is 16.1. The van der Waals surface area contributed by atoms with Crippen molar-refractivity contribution in [2.24, 2.45) is 5.73 Å². The Bertz CT molecular complexity index is 682. The molecule has 1 amide bonds. The first-order valence-corrected chi connectivity index (χ1v) is 6.58. The van der Waals surface area contributed by atoms with Gasteiger partial charge in [-0.3, -0.25) is 4.79 Å². The van der Waals surface area contributed by atoms with Gasteiger partial charge < -0.3 is 5.73 Å². The van der Waals surface area contributed by atoms with E-state index in [2.05, 4.69) is 6.07 Å². The van der Waals surface area contributed by atoms with Crippen LogP contribution in [0.5, 0.6) is 0 Å². The molecule has 1 aliphatic rings. The zero-order valence-electron chi connectivity index (χ0n) is 11.0. The van der Waals surface area contributed by atoms with Crippen molar-refractivity contribution in [3.63, 3.8) is 0 Å². The van der Waals surface area contributed by atoms with Crippen LogP contribution in [0.4, 0.5) is 0 Å². The van der Waals surface area contributed by atoms with Crippen molar-refractivity contribution in [3.8, 4) is 17.2 Å². The van der Waals surface area contributed by atoms with Gasteiger partial charge in [0.1, 0.15) is 5.41 Å². The minimum absolute atomic E-state index is 0.297. The number of rotatable bonds is 3. The van der Waals surface area contributed by atoms with Crippen LogP contribution in [0.2, 0.25) is 0 Å². The number of hydrogen-bond donors (Lipinski definition) is 1. The molecule has 2 aromatic carbocycles. The summed E-state index contributed by atoms with van der Waals surface area (Å²) in [5.41, 5.74) is 8.81. The van der Waals surface area contributed by atoms with Crippen molar-refractivity contribution >= 4 is 5.91 Å². The zero-order valence-corrected chi connectivity index (χ0v) is 11.0. The van der Waals surface area contributed by atoms with E-state index in [9.17, 15) is 4.79 Å². The van der Waals surface area contributed by atoms with Crippen LogP contribution >= 0.6 is 0 Å². The van der Waals surface area contributed by atoms with Crippen LogP contribution in [-0.4, -0.2) is 5.91 Å². The standard InChI is InChI=1S/C17H14N2O/c18-11-5-10-17(16(19)20)14-8-3-1-6-12(14)13-7-2-4-9-15(13)17/h1-4,6-9H,5,10H2,(H2,19,20). The molecule has 3 heteroatoms. The first-order valence-electron chi connectivity index (χ1n) is 6.58. The highest BCUT2D eigenvalue weighted by Gasteiger charge is 2.47. The number of carbonyl (C=O) groups is 1. The van der Waals surface area contributed by atoms with Crippen LogP contribution in [0.25, 0.3) is 11.1 Å². The van der Waals surface area contributed by atoms with Crippen molar-refractivity contribution in [1.82, 2.24) is 0 Å². The van der Waals surface area contributed by atoms with Crippen LogP contribution in [-0.2, 0) is 10.2 Å². The summed E-state index contributed by atoms with van der Waals surface area (Å²) in [6, 6.07) is 17.8. The SMILES string of the molecule is N#CCCC1(C(N)=O)c2ccccc2-c2ccccc21. The Morgan fingerprint density at radius 1 is 1.05 bits per heavy atom. The molecule has 0 saturated carbocycles. The van der Waals surface area contributed by atoms with Gasteiger partial charge in [-0.1, -0.05) is 48.5 Å². The summed E-state index contributed by atoms with van der Waals surface area (Å²) in [7, 11) is 0. The predicted molar refractivity (Wildman–Crippen MR) is 76.7 cm³/mol. The molecule has 0 spiro atoms. The van der Waals surface area contributed by atoms with Crippen LogP contribution < -0.4 is 5.73 Å². The molecule has 0 aromatic heterocycles. The molecule has 2 aromatic rings. The molecule has 20 heavy (non-hydrogen) atoms. The second-order valence-corrected chi connectivity index (χ2v) is 5.02. The minimum Gasteiger partial charge on any atom is -0.369 e. The third kappa shape index (κ3) is 1.48. The number of nitrogens with zero attached hydrogens (tertiary/aromatic N) is 1. The average Bonchev–Trinajstić information content (AvgIpc) is 2.77. The normalized spacial score (nSPS) is 14.2. The molecular weight excluding hydrogens is 248 g/mol. The van der Waals surface area contributed by atoms with Crippen molar-refractivity contribution in [1.29, 1.82) is 5.26 Å². The Kier molecular flexibility index (Phi) is 2.80. The average molecular weight is 262 g/mol. The van der Waals surface area contributed by atoms with Gasteiger partial charge in [0.15, 0.2) is 0 Å². The van der Waals surface area contributed by atoms with Gasteiger partial charge in [0.05, 0.1) is 6.07 Å². The quantitative estimate of drug-likeness (QED) is 0.924. The van der Waals surface area contributed by atoms with Gasteiger partial charge in [-0.05, 0) is 28.7 Å². The lowest BCUT2D eigenvalue weighted by Gasteiger charge is -2.27. The molecule has 0 atom stereocenters. The van der Waals surface area contributed by atoms with Crippen molar-refractivity contribution in [2.75, 3.05) is 0 Å². The zero-order chi connectivity index (χ0) is 14.2. The molecule has 2 N–H and O–H groups in total. The second-order valence-electron chi connectivity index (χ2n) is 5.02. The van der Waals surface area contributed by atoms with E-state index in [0.717, 1.165) is 22.3 Å². The summed E-state index contributed by atoms with van der Waals surface area (Å²) in [5, 5.41) is 8.92. The van der Waals surface area contributed by atoms with Crippen LogP contribution in [0, 0.1) is 11.3 Å². The lowest BCUT2D eigenvalue weighted by molar-refractivity contribution is -0.122. The molecule has 0 radical (unpaired) electrons. The molecule has 98 valence electrons. The molecule has 3 nitrogen and oxygen atoms in total. The van der Waals surface area contributed by atoms with Crippen molar-refractivity contribution < 1.29 is 4.79 Å². The summed E-state index contributed by atoms with van der Waals surface area (Å²) >= 11 is 0. The number of hydrogen-bond acceptors (Lipinski definition) is 2. The smallest absolute Gasteiger partial charge is 0.232 e. The number of nitriles is 1. The first-order chi connectivity index (χ1) is 9.71. The van der Waals surface area contributed by atoms with Gasteiger partial charge in [0, 0.05) is 6.42 Å². The number of carbonyl (C=O) groups excluding carboxylic acids is 1. The van der Waals surface area contributed by atoms with E-state index in [1.807, 2.05) is 48.5 Å². The van der Waals surface area contributed by atoms with E-state index < -0.39 is 5.41 Å². The number of nitrogens with two attached hydrogens (primary N) is 1. The first kappa shape index (κ1) is 12.4. The van der Waals surface area contributed by atoms with Gasteiger partial charge in [0.2, 0.25) is 5.91 Å². The van der Waals surface area contributed by atoms with Crippen molar-refractivity contribution in [3.05, 3.63) is 59.7 Å². The Hall–Kier alpha value is -2.60. The monoisotopic (exact) mass is 262 g/mol. The Balaban J connectivity index is 2.34. The van der Waals surface area contributed by atoms with E-state index in [-0.39, 0.29) is 5.91 Å². The summed E-state index contributed by atoms with van der Waals surface area (Å²) in [4.78, 5) is 12.3. The molecule has 0 bridgehead atoms. The summed E-state index contributed by atoms with van der Waals surface area (Å²) in [5.74, 6) is -0.384. The van der Waals surface area contributed by atoms with Gasteiger partial charge in [-0.25, -0.2) is 0 Å². The second kappa shape index (κ2) is 4.50. The number of primary amides is 1. The molecule has 0 saturated heterocycles. The van der Waals surface area contributed by atoms with Crippen LogP contribution in [0.1, 0.15) is 24.0 Å². The maximum Gasteiger partial charge on any atom is 0.232 e. The Labute approximate surface area is 117 Å². The fraction of sp³-hybridized carbons (Fsp3) is 0.176. The Morgan fingerprint density at radius 3 is 2.00 bits per heavy atom. The fourth-order valence-corrected chi connectivity index (χ4v) is 3.23. The topological polar surface area (TPSA) is 66.9 Å². The highest BCUT2D eigenvalue weighted by molar-refractivity contribution is 5.99. The fourth-order valence-electron chi connectivity index (χ4n) is 3.23. The minimum atomic E-state index is -0.872. The van der Waals surface area contributed by atoms with E-state index in [0.29, 0.717) is 12.8 Å². The molecule has 0 aliphatic heterocycles. The molecule has 1 aliphatic carbocycles. The molecule has 0 unspecified atom stereocenters. The van der Waals surface area contributed by atoms with E-state index in [1.54, 1.807) is 0 Å². The lowest BCUT2D eigenvalue weighted by Crippen LogP contribution is -2.40. The third-order valence-electron chi connectivity index (χ3n) is 4.10. The number of amides is 1. The van der Waals surface area contributed by atoms with Gasteiger partial charge in [-0.15, -0.1) is 0 Å². The summed E-state index contributed by atoms with van der Waals surface area (Å²) in [6.07, 6.45) is 0.721. The Morgan fingerprint density at radius 2 is 1.55 bits per heavy atom. The maximum atomic E-state index is 12.3. The van der Waals surface area contributed by atoms with Gasteiger partial charge in [0.25, 0.3) is 0 Å². The number of fused-ring (bicyclic) bond motifs is 3. The van der Waals surface area contributed by atoms with Gasteiger partial charge >= 0.3 is 0 Å². The predicted octanol–water partition coefficient (Wildman–Crippen LogP) is 2.74. The molecule has 0 fully saturated rings. The van der Waals surface area contributed by atoms with E-state index >= 15 is 0 Å². The van der Waals surface area contributed by atoms with E-state index in [1.165, 1.54) is 0 Å². The highest BCUT2D eigenvalue weighted by Crippen LogP contribution is 2.50. The van der Waals surface area contributed by atoms with Crippen molar-refractivity contribution in [2.45, 2.75) is 18.3 Å². The van der Waals surface area contributed by atoms with Crippen LogP contribution in [0.15, 0.2) is 48.5 Å². The molecule has 3 rings (SSSR count).